The lowest BCUT2D eigenvalue weighted by molar-refractivity contribution is -0.118. The van der Waals surface area contributed by atoms with Gasteiger partial charge in [0.25, 0.3) is 5.91 Å². The lowest BCUT2D eigenvalue weighted by Gasteiger charge is -2.17. The molecule has 0 radical (unpaired) electrons. The van der Waals surface area contributed by atoms with Gasteiger partial charge in [0.05, 0.1) is 17.7 Å². The van der Waals surface area contributed by atoms with Crippen LogP contribution in [0, 0.1) is 6.92 Å². The summed E-state index contributed by atoms with van der Waals surface area (Å²) < 4.78 is 37.6. The SMILES string of the molecule is COc1ccc(Cl)cc1NC(=O)COc1ccc(S(=O)(=O)N2CCCC2)cc1C. The Morgan fingerprint density at radius 3 is 2.48 bits per heavy atom. The molecular weight excluding hydrogens is 416 g/mol. The predicted molar refractivity (Wildman–Crippen MR) is 111 cm³/mol. The highest BCUT2D eigenvalue weighted by Gasteiger charge is 2.27. The predicted octanol–water partition coefficient (Wildman–Crippen LogP) is 3.46. The number of aryl methyl sites for hydroxylation is 1. The molecule has 1 fully saturated rings. The van der Waals surface area contributed by atoms with Gasteiger partial charge >= 0.3 is 0 Å². The third-order valence-corrected chi connectivity index (χ3v) is 6.77. The zero-order valence-corrected chi connectivity index (χ0v) is 17.8. The molecular formula is C20H23ClN2O5S. The molecule has 0 spiro atoms. The number of hydrogen-bond acceptors (Lipinski definition) is 5. The van der Waals surface area contributed by atoms with Crippen LogP contribution < -0.4 is 14.8 Å². The lowest BCUT2D eigenvalue weighted by atomic mass is 10.2. The van der Waals surface area contributed by atoms with E-state index in [0.717, 1.165) is 12.8 Å². The summed E-state index contributed by atoms with van der Waals surface area (Å²) in [6.07, 6.45) is 1.76. The van der Waals surface area contributed by atoms with Crippen LogP contribution in [0.25, 0.3) is 0 Å². The number of nitrogens with one attached hydrogen (secondary N) is 1. The van der Waals surface area contributed by atoms with E-state index in [9.17, 15) is 13.2 Å². The van der Waals surface area contributed by atoms with E-state index in [0.29, 0.717) is 40.9 Å². The van der Waals surface area contributed by atoms with Crippen LogP contribution in [0.2, 0.25) is 5.02 Å². The summed E-state index contributed by atoms with van der Waals surface area (Å²) in [5.41, 5.74) is 1.08. The Morgan fingerprint density at radius 2 is 1.83 bits per heavy atom. The highest BCUT2D eigenvalue weighted by molar-refractivity contribution is 7.89. The molecule has 2 aromatic rings. The Kier molecular flexibility index (Phi) is 6.66. The summed E-state index contributed by atoms with van der Waals surface area (Å²) in [4.78, 5) is 12.5. The first-order valence-electron chi connectivity index (χ1n) is 9.18. The summed E-state index contributed by atoms with van der Waals surface area (Å²) in [6.45, 7) is 2.60. The Hall–Kier alpha value is -2.29. The van der Waals surface area contributed by atoms with Crippen LogP contribution in [0.1, 0.15) is 18.4 Å². The van der Waals surface area contributed by atoms with E-state index < -0.39 is 15.9 Å². The van der Waals surface area contributed by atoms with Gasteiger partial charge in [0.2, 0.25) is 10.0 Å². The van der Waals surface area contributed by atoms with Crippen LogP contribution >= 0.6 is 11.6 Å². The van der Waals surface area contributed by atoms with Gasteiger partial charge in [-0.05, 0) is 61.7 Å². The van der Waals surface area contributed by atoms with Crippen LogP contribution in [-0.4, -0.2) is 45.4 Å². The van der Waals surface area contributed by atoms with Crippen molar-refractivity contribution in [2.45, 2.75) is 24.7 Å². The molecule has 0 bridgehead atoms. The number of sulfonamides is 1. The maximum Gasteiger partial charge on any atom is 0.262 e. The number of anilines is 1. The zero-order valence-electron chi connectivity index (χ0n) is 16.3. The molecule has 0 saturated carbocycles. The van der Waals surface area contributed by atoms with Gasteiger partial charge in [-0.1, -0.05) is 11.6 Å². The zero-order chi connectivity index (χ0) is 21.0. The molecule has 156 valence electrons. The van der Waals surface area contributed by atoms with E-state index in [4.69, 9.17) is 21.1 Å². The van der Waals surface area contributed by atoms with Crippen LogP contribution in [-0.2, 0) is 14.8 Å². The number of rotatable bonds is 7. The van der Waals surface area contributed by atoms with E-state index >= 15 is 0 Å². The van der Waals surface area contributed by atoms with Crippen LogP contribution in [0.5, 0.6) is 11.5 Å². The molecule has 1 amide bonds. The van der Waals surface area contributed by atoms with Gasteiger partial charge in [0.15, 0.2) is 6.61 Å². The van der Waals surface area contributed by atoms with E-state index in [1.807, 2.05) is 0 Å². The first kappa shape index (κ1) is 21.4. The second-order valence-electron chi connectivity index (χ2n) is 6.72. The number of ether oxygens (including phenoxy) is 2. The van der Waals surface area contributed by atoms with Gasteiger partial charge in [-0.25, -0.2) is 8.42 Å². The van der Waals surface area contributed by atoms with Gasteiger partial charge in [-0.15, -0.1) is 0 Å². The lowest BCUT2D eigenvalue weighted by Crippen LogP contribution is -2.27. The third-order valence-electron chi connectivity index (χ3n) is 4.64. The first-order valence-corrected chi connectivity index (χ1v) is 11.0. The molecule has 9 heteroatoms. The summed E-state index contributed by atoms with van der Waals surface area (Å²) in [5, 5.41) is 3.15. The number of nitrogens with zero attached hydrogens (tertiary/aromatic N) is 1. The fraction of sp³-hybridized carbons (Fsp3) is 0.350. The van der Waals surface area contributed by atoms with Gasteiger partial charge in [-0.3, -0.25) is 4.79 Å². The van der Waals surface area contributed by atoms with Crippen molar-refractivity contribution in [1.82, 2.24) is 4.31 Å². The van der Waals surface area contributed by atoms with Crippen molar-refractivity contribution in [2.24, 2.45) is 0 Å². The molecule has 29 heavy (non-hydrogen) atoms. The van der Waals surface area contributed by atoms with E-state index in [1.165, 1.54) is 17.5 Å². The van der Waals surface area contributed by atoms with Crippen molar-refractivity contribution in [1.29, 1.82) is 0 Å². The summed E-state index contributed by atoms with van der Waals surface area (Å²) in [6, 6.07) is 9.55. The normalized spacial score (nSPS) is 14.6. The Labute approximate surface area is 175 Å². The molecule has 0 unspecified atom stereocenters. The minimum Gasteiger partial charge on any atom is -0.495 e. The largest absolute Gasteiger partial charge is 0.495 e. The minimum absolute atomic E-state index is 0.234. The number of methoxy groups -OCH3 is 1. The van der Waals surface area contributed by atoms with Crippen molar-refractivity contribution < 1.29 is 22.7 Å². The first-order chi connectivity index (χ1) is 13.8. The topological polar surface area (TPSA) is 84.9 Å². The quantitative estimate of drug-likeness (QED) is 0.715. The van der Waals surface area contributed by atoms with Crippen LogP contribution in [0.15, 0.2) is 41.3 Å². The van der Waals surface area contributed by atoms with Crippen molar-refractivity contribution in [3.63, 3.8) is 0 Å². The summed E-state index contributed by atoms with van der Waals surface area (Å²) in [7, 11) is -1.99. The molecule has 0 atom stereocenters. The van der Waals surface area contributed by atoms with Crippen LogP contribution in [0.3, 0.4) is 0 Å². The number of amides is 1. The molecule has 2 aromatic carbocycles. The second-order valence-corrected chi connectivity index (χ2v) is 9.09. The Morgan fingerprint density at radius 1 is 1.14 bits per heavy atom. The maximum absolute atomic E-state index is 12.7. The Bertz CT molecular complexity index is 1000. The van der Waals surface area contributed by atoms with E-state index in [-0.39, 0.29) is 11.5 Å². The van der Waals surface area contributed by atoms with Crippen molar-refractivity contribution >= 4 is 33.2 Å². The molecule has 3 rings (SSSR count). The molecule has 0 aliphatic carbocycles. The number of carbonyl (C=O) groups is 1. The summed E-state index contributed by atoms with van der Waals surface area (Å²) >= 11 is 5.96. The monoisotopic (exact) mass is 438 g/mol. The maximum atomic E-state index is 12.7. The van der Waals surface area contributed by atoms with Crippen molar-refractivity contribution in [3.05, 3.63) is 47.0 Å². The number of halogens is 1. The minimum atomic E-state index is -3.49. The van der Waals surface area contributed by atoms with Crippen LogP contribution in [0.4, 0.5) is 5.69 Å². The van der Waals surface area contributed by atoms with Gasteiger partial charge in [0.1, 0.15) is 11.5 Å². The standard InChI is InChI=1S/C20H23ClN2O5S/c1-14-11-16(29(25,26)23-9-3-4-10-23)6-8-18(14)28-13-20(24)22-17-12-15(21)5-7-19(17)27-2/h5-8,11-12H,3-4,9-10,13H2,1-2H3,(H,22,24). The fourth-order valence-corrected chi connectivity index (χ4v) is 4.90. The fourth-order valence-electron chi connectivity index (χ4n) is 3.13. The summed E-state index contributed by atoms with van der Waals surface area (Å²) in [5.74, 6) is 0.535. The van der Waals surface area contributed by atoms with E-state index in [2.05, 4.69) is 5.32 Å². The molecule has 1 aliphatic rings. The second kappa shape index (κ2) is 9.02. The molecule has 0 aromatic heterocycles. The van der Waals surface area contributed by atoms with Gasteiger partial charge < -0.3 is 14.8 Å². The smallest absolute Gasteiger partial charge is 0.262 e. The highest BCUT2D eigenvalue weighted by atomic mass is 35.5. The molecule has 1 N–H and O–H groups in total. The van der Waals surface area contributed by atoms with Gasteiger partial charge in [0, 0.05) is 18.1 Å². The average Bonchev–Trinajstić information content (AvgIpc) is 3.23. The third kappa shape index (κ3) is 5.01. The molecule has 7 nitrogen and oxygen atoms in total. The van der Waals surface area contributed by atoms with Crippen molar-refractivity contribution in [3.8, 4) is 11.5 Å². The van der Waals surface area contributed by atoms with E-state index in [1.54, 1.807) is 37.3 Å². The number of benzene rings is 2. The molecule has 1 aliphatic heterocycles. The number of carbonyl (C=O) groups excluding carboxylic acids is 1. The molecule has 1 heterocycles. The Balaban J connectivity index is 1.65. The van der Waals surface area contributed by atoms with Crippen molar-refractivity contribution in [2.75, 3.05) is 32.1 Å². The molecule has 1 saturated heterocycles. The number of hydrogen-bond donors (Lipinski definition) is 1. The van der Waals surface area contributed by atoms with Gasteiger partial charge in [-0.2, -0.15) is 4.31 Å². The highest BCUT2D eigenvalue weighted by Crippen LogP contribution is 2.28. The average molecular weight is 439 g/mol.